The smallest absolute Gasteiger partial charge is 0.133 e. The molecule has 2 heteroatoms. The van der Waals surface area contributed by atoms with E-state index < -0.39 is 0 Å². The van der Waals surface area contributed by atoms with Crippen molar-refractivity contribution in [3.63, 3.8) is 0 Å². The highest BCUT2D eigenvalue weighted by molar-refractivity contribution is 5.92. The minimum absolute atomic E-state index is 0.0718. The highest BCUT2D eigenvalue weighted by Crippen LogP contribution is 2.39. The SMILES string of the molecule is CC(=O)C1C[C@H]1C(C)=O. The first-order valence-corrected chi connectivity index (χ1v) is 3.14. The summed E-state index contributed by atoms with van der Waals surface area (Å²) < 4.78 is 0. The van der Waals surface area contributed by atoms with Gasteiger partial charge in [0.25, 0.3) is 0 Å². The number of carbonyl (C=O) groups is 2. The number of rotatable bonds is 2. The second kappa shape index (κ2) is 1.94. The molecule has 0 spiro atoms. The molecular weight excluding hydrogens is 116 g/mol. The van der Waals surface area contributed by atoms with E-state index in [9.17, 15) is 9.59 Å². The molecule has 0 N–H and O–H groups in total. The van der Waals surface area contributed by atoms with Crippen LogP contribution in [0.2, 0.25) is 0 Å². The molecule has 0 aromatic rings. The maximum Gasteiger partial charge on any atom is 0.133 e. The van der Waals surface area contributed by atoms with Crippen LogP contribution in [0.4, 0.5) is 0 Å². The Morgan fingerprint density at radius 2 is 1.44 bits per heavy atom. The van der Waals surface area contributed by atoms with Gasteiger partial charge >= 0.3 is 0 Å². The summed E-state index contributed by atoms with van der Waals surface area (Å²) in [7, 11) is 0. The Labute approximate surface area is 54.2 Å². The van der Waals surface area contributed by atoms with Gasteiger partial charge in [0, 0.05) is 11.8 Å². The molecule has 1 saturated carbocycles. The number of hydrogen-bond donors (Lipinski definition) is 0. The van der Waals surface area contributed by atoms with Gasteiger partial charge in [-0.15, -0.1) is 0 Å². The molecule has 1 rings (SSSR count). The molecule has 1 fully saturated rings. The van der Waals surface area contributed by atoms with Crippen molar-refractivity contribution in [3.05, 3.63) is 0 Å². The maximum absolute atomic E-state index is 10.6. The first kappa shape index (κ1) is 6.46. The minimum atomic E-state index is 0.0718. The Bertz CT molecular complexity index is 142. The standard InChI is InChI=1S/C7H10O2/c1-4(8)6-3-7(6)5(2)9/h6-7H,3H2,1-2H3/t6-,7?/m0/s1. The fraction of sp³-hybridized carbons (Fsp3) is 0.714. The van der Waals surface area contributed by atoms with Crippen LogP contribution in [-0.2, 0) is 9.59 Å². The lowest BCUT2D eigenvalue weighted by Crippen LogP contribution is -2.01. The summed E-state index contributed by atoms with van der Waals surface area (Å²) in [6.45, 7) is 3.10. The van der Waals surface area contributed by atoms with Crippen LogP contribution in [0, 0.1) is 11.8 Å². The van der Waals surface area contributed by atoms with Crippen molar-refractivity contribution in [2.45, 2.75) is 20.3 Å². The zero-order chi connectivity index (χ0) is 7.02. The zero-order valence-electron chi connectivity index (χ0n) is 5.68. The zero-order valence-corrected chi connectivity index (χ0v) is 5.68. The van der Waals surface area contributed by atoms with Crippen molar-refractivity contribution >= 4 is 11.6 Å². The van der Waals surface area contributed by atoms with Crippen LogP contribution in [-0.4, -0.2) is 11.6 Å². The highest BCUT2D eigenvalue weighted by atomic mass is 16.1. The maximum atomic E-state index is 10.6. The summed E-state index contributed by atoms with van der Waals surface area (Å²) in [5.41, 5.74) is 0. The number of carbonyl (C=O) groups excluding carboxylic acids is 2. The Balaban J connectivity index is 2.42. The molecule has 0 saturated heterocycles. The molecule has 0 heterocycles. The van der Waals surface area contributed by atoms with Gasteiger partial charge in [-0.25, -0.2) is 0 Å². The summed E-state index contributed by atoms with van der Waals surface area (Å²) in [4.78, 5) is 21.1. The molecule has 50 valence electrons. The quantitative estimate of drug-likeness (QED) is 0.548. The van der Waals surface area contributed by atoms with Crippen LogP contribution < -0.4 is 0 Å². The second-order valence-corrected chi connectivity index (χ2v) is 2.67. The minimum Gasteiger partial charge on any atom is -0.300 e. The molecule has 2 atom stereocenters. The highest BCUT2D eigenvalue weighted by Gasteiger charge is 2.43. The third-order valence-electron chi connectivity index (χ3n) is 1.83. The van der Waals surface area contributed by atoms with Crippen LogP contribution >= 0.6 is 0 Å². The first-order valence-electron chi connectivity index (χ1n) is 3.14. The molecule has 0 amide bonds. The lowest BCUT2D eigenvalue weighted by Gasteiger charge is -1.86. The largest absolute Gasteiger partial charge is 0.300 e. The normalized spacial score (nSPS) is 31.8. The van der Waals surface area contributed by atoms with Crippen molar-refractivity contribution in [3.8, 4) is 0 Å². The van der Waals surface area contributed by atoms with Gasteiger partial charge in [-0.2, -0.15) is 0 Å². The summed E-state index contributed by atoms with van der Waals surface area (Å²) in [6.07, 6.45) is 0.796. The molecule has 9 heavy (non-hydrogen) atoms. The van der Waals surface area contributed by atoms with E-state index in [1.54, 1.807) is 13.8 Å². The monoisotopic (exact) mass is 126 g/mol. The second-order valence-electron chi connectivity index (χ2n) is 2.67. The average Bonchev–Trinajstić information content (AvgIpc) is 2.39. The van der Waals surface area contributed by atoms with Gasteiger partial charge in [-0.1, -0.05) is 0 Å². The Morgan fingerprint density at radius 1 is 1.11 bits per heavy atom. The van der Waals surface area contributed by atoms with Crippen LogP contribution in [0.25, 0.3) is 0 Å². The van der Waals surface area contributed by atoms with Gasteiger partial charge in [0.2, 0.25) is 0 Å². The van der Waals surface area contributed by atoms with E-state index in [0.717, 1.165) is 6.42 Å². The summed E-state index contributed by atoms with van der Waals surface area (Å²) >= 11 is 0. The predicted molar refractivity (Wildman–Crippen MR) is 33.0 cm³/mol. The van der Waals surface area contributed by atoms with Crippen LogP contribution in [0.1, 0.15) is 20.3 Å². The van der Waals surface area contributed by atoms with Crippen molar-refractivity contribution in [2.75, 3.05) is 0 Å². The lowest BCUT2D eigenvalue weighted by atomic mass is 10.2. The molecule has 1 unspecified atom stereocenters. The molecule has 0 radical (unpaired) electrons. The molecule has 1 aliphatic rings. The topological polar surface area (TPSA) is 34.1 Å². The fourth-order valence-electron chi connectivity index (χ4n) is 1.09. The predicted octanol–water partition coefficient (Wildman–Crippen LogP) is 0.800. The number of Topliss-reactive ketones (excluding diaryl/α,β-unsaturated/α-hetero) is 2. The Hall–Kier alpha value is -0.660. The van der Waals surface area contributed by atoms with Crippen LogP contribution in [0.5, 0.6) is 0 Å². The third-order valence-corrected chi connectivity index (χ3v) is 1.83. The van der Waals surface area contributed by atoms with Gasteiger partial charge in [0.1, 0.15) is 11.6 Å². The van der Waals surface area contributed by atoms with Crippen molar-refractivity contribution in [1.29, 1.82) is 0 Å². The van der Waals surface area contributed by atoms with Gasteiger partial charge in [-0.3, -0.25) is 9.59 Å². The number of hydrogen-bond acceptors (Lipinski definition) is 2. The van der Waals surface area contributed by atoms with Gasteiger partial charge in [-0.05, 0) is 20.3 Å². The summed E-state index contributed by atoms with van der Waals surface area (Å²) in [5, 5.41) is 0. The van der Waals surface area contributed by atoms with Crippen molar-refractivity contribution < 1.29 is 9.59 Å². The molecular formula is C7H10O2. The number of ketones is 2. The van der Waals surface area contributed by atoms with Crippen LogP contribution in [0.15, 0.2) is 0 Å². The van der Waals surface area contributed by atoms with E-state index in [1.807, 2.05) is 0 Å². The molecule has 2 nitrogen and oxygen atoms in total. The van der Waals surface area contributed by atoms with E-state index in [-0.39, 0.29) is 23.4 Å². The molecule has 0 aromatic heterocycles. The van der Waals surface area contributed by atoms with E-state index in [0.29, 0.717) is 0 Å². The van der Waals surface area contributed by atoms with Crippen LogP contribution in [0.3, 0.4) is 0 Å². The molecule has 0 bridgehead atoms. The van der Waals surface area contributed by atoms with E-state index in [1.165, 1.54) is 0 Å². The third kappa shape index (κ3) is 1.18. The van der Waals surface area contributed by atoms with E-state index in [2.05, 4.69) is 0 Å². The Morgan fingerprint density at radius 3 is 1.56 bits per heavy atom. The average molecular weight is 126 g/mol. The van der Waals surface area contributed by atoms with E-state index >= 15 is 0 Å². The van der Waals surface area contributed by atoms with Gasteiger partial charge < -0.3 is 0 Å². The summed E-state index contributed by atoms with van der Waals surface area (Å²) in [5.74, 6) is 0.468. The summed E-state index contributed by atoms with van der Waals surface area (Å²) in [6, 6.07) is 0. The van der Waals surface area contributed by atoms with Crippen molar-refractivity contribution in [2.24, 2.45) is 11.8 Å². The molecule has 0 aliphatic heterocycles. The lowest BCUT2D eigenvalue weighted by molar-refractivity contribution is -0.122. The van der Waals surface area contributed by atoms with Crippen molar-refractivity contribution in [1.82, 2.24) is 0 Å². The van der Waals surface area contributed by atoms with Gasteiger partial charge in [0.15, 0.2) is 0 Å². The Kier molecular flexibility index (Phi) is 1.39. The fourth-order valence-corrected chi connectivity index (χ4v) is 1.09. The van der Waals surface area contributed by atoms with E-state index in [4.69, 9.17) is 0 Å². The molecule has 1 aliphatic carbocycles. The molecule has 0 aromatic carbocycles. The first-order chi connectivity index (χ1) is 4.13. The van der Waals surface area contributed by atoms with Gasteiger partial charge in [0.05, 0.1) is 0 Å².